The molecule has 0 bridgehead atoms. The quantitative estimate of drug-likeness (QED) is 0.369. The predicted octanol–water partition coefficient (Wildman–Crippen LogP) is 5.31. The minimum absolute atomic E-state index is 0.00102. The molecule has 152 valence electrons. The summed E-state index contributed by atoms with van der Waals surface area (Å²) in [4.78, 5) is 17.9. The maximum atomic E-state index is 13.3. The Labute approximate surface area is 191 Å². The number of rotatable bonds is 5. The fourth-order valence-electron chi connectivity index (χ4n) is 3.67. The summed E-state index contributed by atoms with van der Waals surface area (Å²) >= 11 is 11.0. The number of carbonyl (C=O) groups excluding carboxylic acids is 1. The fourth-order valence-corrected chi connectivity index (χ4v) is 6.43. The Morgan fingerprint density at radius 2 is 2.13 bits per heavy atom. The van der Waals surface area contributed by atoms with E-state index in [0.717, 1.165) is 18.7 Å². The summed E-state index contributed by atoms with van der Waals surface area (Å²) in [7, 11) is 0. The fraction of sp³-hybridized carbons (Fsp3) is 0.190. The van der Waals surface area contributed by atoms with Crippen molar-refractivity contribution >= 4 is 51.9 Å². The highest BCUT2D eigenvalue weighted by Gasteiger charge is 2.33. The Bertz CT molecular complexity index is 1170. The summed E-state index contributed by atoms with van der Waals surface area (Å²) in [5, 5.41) is 13.7. The zero-order valence-corrected chi connectivity index (χ0v) is 19.0. The summed E-state index contributed by atoms with van der Waals surface area (Å²) in [5.41, 5.74) is 2.13. The Morgan fingerprint density at radius 3 is 2.97 bits per heavy atom. The smallest absolute Gasteiger partial charge is 0.233 e. The molecule has 0 spiro atoms. The van der Waals surface area contributed by atoms with E-state index in [2.05, 4.69) is 33.1 Å². The standard InChI is InChI=1S/C21H17ClN4OS3/c22-14-3-1-4-15(11-14)26-13-23-24-21(26)30-12-19(27)25-8-6-17-16(7-10-29-17)20(25)18-5-2-9-28-18/h1-5,7,9-11,13,20H,6,8,12H2. The van der Waals surface area contributed by atoms with Crippen LogP contribution in [0.2, 0.25) is 5.02 Å². The van der Waals surface area contributed by atoms with Gasteiger partial charge in [0, 0.05) is 21.3 Å². The molecule has 0 saturated carbocycles. The van der Waals surface area contributed by atoms with Gasteiger partial charge in [0.2, 0.25) is 5.91 Å². The molecule has 5 rings (SSSR count). The first-order chi connectivity index (χ1) is 14.7. The van der Waals surface area contributed by atoms with Crippen molar-refractivity contribution in [2.45, 2.75) is 17.6 Å². The summed E-state index contributed by atoms with van der Waals surface area (Å²) < 4.78 is 1.85. The van der Waals surface area contributed by atoms with Crippen molar-refractivity contribution in [3.63, 3.8) is 0 Å². The highest BCUT2D eigenvalue weighted by molar-refractivity contribution is 7.99. The average Bonchev–Trinajstić information content (AvgIpc) is 3.52. The van der Waals surface area contributed by atoms with Crippen molar-refractivity contribution in [2.24, 2.45) is 0 Å². The molecule has 0 N–H and O–H groups in total. The molecule has 0 saturated heterocycles. The van der Waals surface area contributed by atoms with Gasteiger partial charge in [0.15, 0.2) is 5.16 Å². The minimum atomic E-state index is -0.00102. The monoisotopic (exact) mass is 472 g/mol. The van der Waals surface area contributed by atoms with Crippen LogP contribution in [0.15, 0.2) is 64.7 Å². The van der Waals surface area contributed by atoms with E-state index in [9.17, 15) is 4.79 Å². The number of benzene rings is 1. The van der Waals surface area contributed by atoms with Crippen molar-refractivity contribution in [1.29, 1.82) is 0 Å². The van der Waals surface area contributed by atoms with Crippen LogP contribution in [0.25, 0.3) is 5.69 Å². The molecule has 4 heterocycles. The second kappa shape index (κ2) is 8.55. The number of halogens is 1. The van der Waals surface area contributed by atoms with Crippen LogP contribution in [0, 0.1) is 0 Å². The van der Waals surface area contributed by atoms with E-state index in [4.69, 9.17) is 11.6 Å². The third kappa shape index (κ3) is 3.80. The Hall–Kier alpha value is -2.13. The van der Waals surface area contributed by atoms with Gasteiger partial charge >= 0.3 is 0 Å². The number of thioether (sulfide) groups is 1. The maximum absolute atomic E-state index is 13.3. The van der Waals surface area contributed by atoms with Crippen LogP contribution in [-0.4, -0.2) is 37.9 Å². The van der Waals surface area contributed by atoms with E-state index >= 15 is 0 Å². The maximum Gasteiger partial charge on any atom is 0.233 e. The van der Waals surface area contributed by atoms with Crippen LogP contribution in [0.4, 0.5) is 0 Å². The SMILES string of the molecule is O=C(CSc1nncn1-c1cccc(Cl)c1)N1CCc2sccc2C1c1cccs1. The lowest BCUT2D eigenvalue weighted by atomic mass is 9.98. The molecule has 1 amide bonds. The number of fused-ring (bicyclic) bond motifs is 1. The minimum Gasteiger partial charge on any atom is -0.330 e. The Kier molecular flexibility index (Phi) is 5.64. The summed E-state index contributed by atoms with van der Waals surface area (Å²) in [5.74, 6) is 0.413. The lowest BCUT2D eigenvalue weighted by molar-refractivity contribution is -0.130. The highest BCUT2D eigenvalue weighted by atomic mass is 35.5. The molecule has 30 heavy (non-hydrogen) atoms. The summed E-state index contributed by atoms with van der Waals surface area (Å²) in [6.45, 7) is 0.733. The number of thiophene rings is 2. The molecule has 1 atom stereocenters. The van der Waals surface area contributed by atoms with Crippen LogP contribution in [0.5, 0.6) is 0 Å². The van der Waals surface area contributed by atoms with Gasteiger partial charge in [-0.3, -0.25) is 9.36 Å². The first-order valence-electron chi connectivity index (χ1n) is 9.38. The van der Waals surface area contributed by atoms with Crippen LogP contribution in [0.3, 0.4) is 0 Å². The first-order valence-corrected chi connectivity index (χ1v) is 12.5. The lowest BCUT2D eigenvalue weighted by Crippen LogP contribution is -2.40. The topological polar surface area (TPSA) is 51.0 Å². The average molecular weight is 473 g/mol. The molecule has 1 aliphatic heterocycles. The van der Waals surface area contributed by atoms with E-state index in [1.165, 1.54) is 27.1 Å². The second-order valence-corrected chi connectivity index (χ2v) is 10.2. The number of aromatic nitrogens is 3. The third-order valence-electron chi connectivity index (χ3n) is 5.03. The Balaban J connectivity index is 1.36. The highest BCUT2D eigenvalue weighted by Crippen LogP contribution is 2.39. The van der Waals surface area contributed by atoms with Crippen molar-refractivity contribution < 1.29 is 4.79 Å². The molecule has 5 nitrogen and oxygen atoms in total. The van der Waals surface area contributed by atoms with Crippen LogP contribution >= 0.6 is 46.0 Å². The van der Waals surface area contributed by atoms with Crippen molar-refractivity contribution in [3.8, 4) is 5.69 Å². The van der Waals surface area contributed by atoms with Gasteiger partial charge in [-0.25, -0.2) is 0 Å². The van der Waals surface area contributed by atoms with Gasteiger partial charge in [-0.05, 0) is 53.1 Å². The van der Waals surface area contributed by atoms with Crippen molar-refractivity contribution in [3.05, 3.63) is 79.9 Å². The van der Waals surface area contributed by atoms with E-state index in [1.807, 2.05) is 39.8 Å². The van der Waals surface area contributed by atoms with Crippen LogP contribution in [-0.2, 0) is 11.2 Å². The van der Waals surface area contributed by atoms with E-state index < -0.39 is 0 Å². The number of amides is 1. The third-order valence-corrected chi connectivity index (χ3v) is 8.11. The number of hydrogen-bond acceptors (Lipinski definition) is 6. The van der Waals surface area contributed by atoms with Crippen LogP contribution in [0.1, 0.15) is 21.4 Å². The van der Waals surface area contributed by atoms with E-state index in [-0.39, 0.29) is 11.9 Å². The Morgan fingerprint density at radius 1 is 1.20 bits per heavy atom. The number of hydrogen-bond donors (Lipinski definition) is 0. The number of nitrogens with zero attached hydrogens (tertiary/aromatic N) is 4. The number of carbonyl (C=O) groups is 1. The van der Waals surface area contributed by atoms with Gasteiger partial charge in [-0.1, -0.05) is 35.5 Å². The zero-order valence-electron chi connectivity index (χ0n) is 15.8. The van der Waals surface area contributed by atoms with Gasteiger partial charge in [0.25, 0.3) is 0 Å². The zero-order chi connectivity index (χ0) is 20.5. The molecule has 1 unspecified atom stereocenters. The first kappa shape index (κ1) is 19.8. The molecule has 0 aliphatic carbocycles. The van der Waals surface area contributed by atoms with E-state index in [0.29, 0.717) is 15.9 Å². The van der Waals surface area contributed by atoms with Crippen LogP contribution < -0.4 is 0 Å². The molecule has 9 heteroatoms. The van der Waals surface area contributed by atoms with Gasteiger partial charge in [0.05, 0.1) is 17.5 Å². The van der Waals surface area contributed by atoms with Gasteiger partial charge < -0.3 is 4.90 Å². The van der Waals surface area contributed by atoms with Gasteiger partial charge in [0.1, 0.15) is 6.33 Å². The summed E-state index contributed by atoms with van der Waals surface area (Å²) in [6.07, 6.45) is 2.55. The molecular weight excluding hydrogens is 456 g/mol. The van der Waals surface area contributed by atoms with Crippen molar-refractivity contribution in [1.82, 2.24) is 19.7 Å². The molecule has 1 aromatic carbocycles. The van der Waals surface area contributed by atoms with Gasteiger partial charge in [-0.2, -0.15) is 0 Å². The molecule has 3 aromatic heterocycles. The molecule has 0 radical (unpaired) electrons. The van der Waals surface area contributed by atoms with Gasteiger partial charge in [-0.15, -0.1) is 32.9 Å². The predicted molar refractivity (Wildman–Crippen MR) is 123 cm³/mol. The van der Waals surface area contributed by atoms with Crippen molar-refractivity contribution in [2.75, 3.05) is 12.3 Å². The molecule has 4 aromatic rings. The second-order valence-electron chi connectivity index (χ2n) is 6.81. The largest absolute Gasteiger partial charge is 0.330 e. The molecule has 0 fully saturated rings. The summed E-state index contributed by atoms with van der Waals surface area (Å²) in [6, 6.07) is 13.8. The molecule has 1 aliphatic rings. The lowest BCUT2D eigenvalue weighted by Gasteiger charge is -2.35. The van der Waals surface area contributed by atoms with E-state index in [1.54, 1.807) is 29.0 Å². The normalized spacial score (nSPS) is 15.9. The molecular formula is C21H17ClN4OS3.